The van der Waals surface area contributed by atoms with Crippen molar-refractivity contribution in [3.8, 4) is 0 Å². The minimum absolute atomic E-state index is 0.375. The van der Waals surface area contributed by atoms with E-state index in [4.69, 9.17) is 10.8 Å². The van der Waals surface area contributed by atoms with E-state index in [-0.39, 0.29) is 0 Å². The summed E-state index contributed by atoms with van der Waals surface area (Å²) in [6.45, 7) is 13.5. The molecule has 4 nitrogen and oxygen atoms in total. The maximum absolute atomic E-state index is 5.74. The number of rotatable bonds is 6. The van der Waals surface area contributed by atoms with E-state index in [1.165, 1.54) is 18.5 Å². The van der Waals surface area contributed by atoms with Gasteiger partial charge >= 0.3 is 0 Å². The van der Waals surface area contributed by atoms with Crippen LogP contribution in [0.5, 0.6) is 0 Å². The fourth-order valence-corrected chi connectivity index (χ4v) is 2.46. The number of hydrogen-bond donors (Lipinski definition) is 2. The Morgan fingerprint density at radius 3 is 2.42 bits per heavy atom. The third-order valence-corrected chi connectivity index (χ3v) is 3.53. The maximum atomic E-state index is 5.74. The highest BCUT2D eigenvalue weighted by molar-refractivity contribution is 5.58. The predicted octanol–water partition coefficient (Wildman–Crippen LogP) is 3.38. The first-order chi connectivity index (χ1) is 8.90. The van der Waals surface area contributed by atoms with Gasteiger partial charge in [0.05, 0.1) is 22.9 Å². The van der Waals surface area contributed by atoms with Gasteiger partial charge in [0, 0.05) is 6.54 Å². The third kappa shape index (κ3) is 3.11. The summed E-state index contributed by atoms with van der Waals surface area (Å²) in [5.41, 5.74) is 9.16. The van der Waals surface area contributed by atoms with Crippen molar-refractivity contribution in [2.24, 2.45) is 11.7 Å². The van der Waals surface area contributed by atoms with Gasteiger partial charge in [0.15, 0.2) is 0 Å². The van der Waals surface area contributed by atoms with Gasteiger partial charge in [0.25, 0.3) is 0 Å². The van der Waals surface area contributed by atoms with Crippen LogP contribution in [-0.4, -0.2) is 9.78 Å². The Labute approximate surface area is 116 Å². The molecule has 4 heteroatoms. The maximum Gasteiger partial charge on any atom is 0.0931 e. The molecule has 1 fully saturated rings. The standard InChI is InChI=1S/C15H26N4/c1-9(2)13-14(17-11(5)16)15(10(3)4)19(18-13)8-12-6-7-12/h9-10,12,17H,5-8,16H2,1-4H3. The van der Waals surface area contributed by atoms with Crippen LogP contribution >= 0.6 is 0 Å². The predicted molar refractivity (Wildman–Crippen MR) is 80.1 cm³/mol. The first kappa shape index (κ1) is 14.0. The molecule has 0 spiro atoms. The van der Waals surface area contributed by atoms with Crippen LogP contribution in [0.3, 0.4) is 0 Å². The summed E-state index contributed by atoms with van der Waals surface area (Å²) in [6, 6.07) is 0. The van der Waals surface area contributed by atoms with Crippen LogP contribution in [0.25, 0.3) is 0 Å². The Balaban J connectivity index is 2.44. The van der Waals surface area contributed by atoms with Crippen LogP contribution in [0.15, 0.2) is 12.4 Å². The largest absolute Gasteiger partial charge is 0.386 e. The second kappa shape index (κ2) is 5.27. The highest BCUT2D eigenvalue weighted by Crippen LogP contribution is 2.36. The van der Waals surface area contributed by atoms with Gasteiger partial charge in [-0.3, -0.25) is 4.68 Å². The summed E-state index contributed by atoms with van der Waals surface area (Å²) in [6.07, 6.45) is 2.67. The second-order valence-electron chi connectivity index (χ2n) is 6.23. The molecule has 0 radical (unpaired) electrons. The molecule has 19 heavy (non-hydrogen) atoms. The van der Waals surface area contributed by atoms with Crippen LogP contribution < -0.4 is 11.1 Å². The monoisotopic (exact) mass is 262 g/mol. The summed E-state index contributed by atoms with van der Waals surface area (Å²) in [4.78, 5) is 0. The highest BCUT2D eigenvalue weighted by Gasteiger charge is 2.27. The number of anilines is 1. The minimum atomic E-state index is 0.375. The molecule has 3 N–H and O–H groups in total. The molecule has 0 bridgehead atoms. The van der Waals surface area contributed by atoms with E-state index in [1.807, 2.05) is 0 Å². The summed E-state index contributed by atoms with van der Waals surface area (Å²) in [7, 11) is 0. The Morgan fingerprint density at radius 1 is 1.37 bits per heavy atom. The molecule has 1 aromatic heterocycles. The number of nitrogens with two attached hydrogens (primary N) is 1. The zero-order valence-electron chi connectivity index (χ0n) is 12.5. The fraction of sp³-hybridized carbons (Fsp3) is 0.667. The van der Waals surface area contributed by atoms with Crippen molar-refractivity contribution in [2.45, 2.75) is 58.9 Å². The highest BCUT2D eigenvalue weighted by atomic mass is 15.3. The van der Waals surface area contributed by atoms with Crippen molar-refractivity contribution in [3.05, 3.63) is 23.8 Å². The van der Waals surface area contributed by atoms with Gasteiger partial charge in [-0.2, -0.15) is 5.10 Å². The Kier molecular flexibility index (Phi) is 3.88. The van der Waals surface area contributed by atoms with Crippen molar-refractivity contribution in [1.82, 2.24) is 9.78 Å². The average molecular weight is 262 g/mol. The molecule has 0 atom stereocenters. The van der Waals surface area contributed by atoms with E-state index in [0.717, 1.165) is 23.8 Å². The van der Waals surface area contributed by atoms with Gasteiger partial charge in [-0.1, -0.05) is 34.3 Å². The normalized spacial score (nSPS) is 15.3. The fourth-order valence-electron chi connectivity index (χ4n) is 2.46. The Morgan fingerprint density at radius 2 is 2.00 bits per heavy atom. The topological polar surface area (TPSA) is 55.9 Å². The molecule has 1 aliphatic rings. The van der Waals surface area contributed by atoms with Gasteiger partial charge in [0.2, 0.25) is 0 Å². The lowest BCUT2D eigenvalue weighted by molar-refractivity contribution is 0.520. The molecule has 0 aromatic carbocycles. The van der Waals surface area contributed by atoms with E-state index in [0.29, 0.717) is 17.7 Å². The smallest absolute Gasteiger partial charge is 0.0931 e. The lowest BCUT2D eigenvalue weighted by atomic mass is 10.0. The molecule has 106 valence electrons. The molecule has 1 heterocycles. The van der Waals surface area contributed by atoms with Gasteiger partial charge in [0.1, 0.15) is 0 Å². The molecule has 1 aliphatic carbocycles. The number of aromatic nitrogens is 2. The summed E-state index contributed by atoms with van der Waals surface area (Å²) >= 11 is 0. The summed E-state index contributed by atoms with van der Waals surface area (Å²) in [5, 5.41) is 8.04. The van der Waals surface area contributed by atoms with E-state index < -0.39 is 0 Å². The molecule has 0 saturated heterocycles. The zero-order valence-corrected chi connectivity index (χ0v) is 12.5. The SMILES string of the molecule is C=C(N)Nc1c(C(C)C)nn(CC2CC2)c1C(C)C. The van der Waals surface area contributed by atoms with E-state index in [2.05, 4.69) is 44.3 Å². The molecular formula is C15H26N4. The molecule has 0 unspecified atom stereocenters. The van der Waals surface area contributed by atoms with Gasteiger partial charge in [-0.25, -0.2) is 0 Å². The van der Waals surface area contributed by atoms with Crippen molar-refractivity contribution in [2.75, 3.05) is 5.32 Å². The number of nitrogens with one attached hydrogen (secondary N) is 1. The molecule has 2 rings (SSSR count). The van der Waals surface area contributed by atoms with Crippen molar-refractivity contribution in [1.29, 1.82) is 0 Å². The average Bonchev–Trinajstić information content (AvgIpc) is 2.99. The van der Waals surface area contributed by atoms with Crippen LogP contribution in [-0.2, 0) is 6.54 Å². The first-order valence-corrected chi connectivity index (χ1v) is 7.22. The minimum Gasteiger partial charge on any atom is -0.386 e. The second-order valence-corrected chi connectivity index (χ2v) is 6.23. The lowest BCUT2D eigenvalue weighted by Crippen LogP contribution is -2.12. The van der Waals surface area contributed by atoms with Crippen molar-refractivity contribution < 1.29 is 0 Å². The lowest BCUT2D eigenvalue weighted by Gasteiger charge is -2.14. The quantitative estimate of drug-likeness (QED) is 0.826. The molecular weight excluding hydrogens is 236 g/mol. The third-order valence-electron chi connectivity index (χ3n) is 3.53. The Bertz CT molecular complexity index is 467. The van der Waals surface area contributed by atoms with Gasteiger partial charge in [-0.05, 0) is 30.6 Å². The summed E-state index contributed by atoms with van der Waals surface area (Å²) < 4.78 is 2.18. The molecule has 1 saturated carbocycles. The zero-order chi connectivity index (χ0) is 14.2. The number of nitrogens with zero attached hydrogens (tertiary/aromatic N) is 2. The van der Waals surface area contributed by atoms with E-state index in [9.17, 15) is 0 Å². The van der Waals surface area contributed by atoms with Gasteiger partial charge < -0.3 is 11.1 Å². The van der Waals surface area contributed by atoms with Crippen molar-refractivity contribution >= 4 is 5.69 Å². The van der Waals surface area contributed by atoms with E-state index in [1.54, 1.807) is 0 Å². The molecule has 1 aromatic rings. The van der Waals surface area contributed by atoms with Crippen molar-refractivity contribution in [3.63, 3.8) is 0 Å². The van der Waals surface area contributed by atoms with Crippen LogP contribution in [0.2, 0.25) is 0 Å². The first-order valence-electron chi connectivity index (χ1n) is 7.22. The van der Waals surface area contributed by atoms with Crippen LogP contribution in [0.1, 0.15) is 63.8 Å². The molecule has 0 amide bonds. The Hall–Kier alpha value is -1.45. The van der Waals surface area contributed by atoms with Crippen LogP contribution in [0, 0.1) is 5.92 Å². The van der Waals surface area contributed by atoms with Crippen LogP contribution in [0.4, 0.5) is 5.69 Å². The molecule has 0 aliphatic heterocycles. The summed E-state index contributed by atoms with van der Waals surface area (Å²) in [5.74, 6) is 2.08. The van der Waals surface area contributed by atoms with E-state index >= 15 is 0 Å². The van der Waals surface area contributed by atoms with Gasteiger partial charge in [-0.15, -0.1) is 0 Å². The number of hydrogen-bond acceptors (Lipinski definition) is 3.